The Kier molecular flexibility index (Phi) is 6.02. The standard InChI is InChI=1S/C14H8O8.K/c15-11(16)5-1-7-8(10(3-5)14(21)22)2-6(12(17)18)4-9(7)13(19)20;/h1-4H,(H,15,16)(H,17,18)(H,19,20)(H,21,22);/q;+1/p-1. The number of benzene rings is 2. The van der Waals surface area contributed by atoms with Gasteiger partial charge in [-0.2, -0.15) is 0 Å². The number of aromatic carboxylic acids is 4. The van der Waals surface area contributed by atoms with Gasteiger partial charge in [0.2, 0.25) is 0 Å². The van der Waals surface area contributed by atoms with Crippen molar-refractivity contribution >= 4 is 34.6 Å². The fourth-order valence-corrected chi connectivity index (χ4v) is 2.05. The Hall–Kier alpha value is -1.78. The van der Waals surface area contributed by atoms with E-state index in [2.05, 4.69) is 0 Å². The fourth-order valence-electron chi connectivity index (χ4n) is 2.05. The van der Waals surface area contributed by atoms with Gasteiger partial charge >= 0.3 is 69.3 Å². The Morgan fingerprint density at radius 2 is 1.09 bits per heavy atom. The fraction of sp³-hybridized carbons (Fsp3) is 0. The zero-order valence-electron chi connectivity index (χ0n) is 11.7. The van der Waals surface area contributed by atoms with Crippen LogP contribution in [0.5, 0.6) is 0 Å². The van der Waals surface area contributed by atoms with Crippen molar-refractivity contribution in [2.24, 2.45) is 0 Å². The van der Waals surface area contributed by atoms with Crippen LogP contribution in [0, 0.1) is 0 Å². The first kappa shape index (κ1) is 19.3. The summed E-state index contributed by atoms with van der Waals surface area (Å²) in [7, 11) is 0. The predicted octanol–water partition coefficient (Wildman–Crippen LogP) is -2.70. The molecule has 0 amide bonds. The maximum Gasteiger partial charge on any atom is 1.00 e. The van der Waals surface area contributed by atoms with Crippen LogP contribution in [0.3, 0.4) is 0 Å². The third kappa shape index (κ3) is 3.76. The molecule has 0 unspecified atom stereocenters. The van der Waals surface area contributed by atoms with Gasteiger partial charge in [0, 0.05) is 5.56 Å². The van der Waals surface area contributed by atoms with Crippen LogP contribution >= 0.6 is 0 Å². The van der Waals surface area contributed by atoms with E-state index in [1.165, 1.54) is 0 Å². The molecule has 0 saturated carbocycles. The molecule has 23 heavy (non-hydrogen) atoms. The van der Waals surface area contributed by atoms with Crippen LogP contribution in [0.15, 0.2) is 24.3 Å². The molecule has 2 rings (SSSR count). The van der Waals surface area contributed by atoms with Crippen molar-refractivity contribution in [3.63, 3.8) is 0 Å². The minimum atomic E-state index is -1.74. The van der Waals surface area contributed by atoms with Crippen LogP contribution < -0.4 is 56.5 Å². The number of hydrogen-bond donors (Lipinski definition) is 3. The molecular weight excluding hydrogens is 335 g/mol. The smallest absolute Gasteiger partial charge is 0.545 e. The third-order valence-corrected chi connectivity index (χ3v) is 3.01. The number of rotatable bonds is 4. The second-order valence-corrected chi connectivity index (χ2v) is 4.35. The molecule has 0 aliphatic carbocycles. The third-order valence-electron chi connectivity index (χ3n) is 3.01. The minimum Gasteiger partial charge on any atom is -0.545 e. The summed E-state index contributed by atoms with van der Waals surface area (Å²) >= 11 is 0. The van der Waals surface area contributed by atoms with E-state index in [0.717, 1.165) is 24.3 Å². The zero-order chi connectivity index (χ0) is 16.6. The normalized spacial score (nSPS) is 9.91. The molecule has 0 radical (unpaired) electrons. The number of carbonyl (C=O) groups excluding carboxylic acids is 1. The zero-order valence-corrected chi connectivity index (χ0v) is 14.8. The first-order valence-electron chi connectivity index (χ1n) is 5.75. The summed E-state index contributed by atoms with van der Waals surface area (Å²) in [6, 6.07) is 3.55. The van der Waals surface area contributed by atoms with E-state index in [0.29, 0.717) is 0 Å². The molecule has 2 aromatic rings. The molecule has 0 aliphatic heterocycles. The van der Waals surface area contributed by atoms with E-state index in [1.807, 2.05) is 0 Å². The number of carboxylic acid groups (broad SMARTS) is 4. The molecule has 0 atom stereocenters. The van der Waals surface area contributed by atoms with Crippen LogP contribution in [-0.4, -0.2) is 39.2 Å². The summed E-state index contributed by atoms with van der Waals surface area (Å²) in [5.74, 6) is -6.16. The molecule has 9 heteroatoms. The first-order chi connectivity index (χ1) is 10.2. The second-order valence-electron chi connectivity index (χ2n) is 4.35. The van der Waals surface area contributed by atoms with E-state index in [1.54, 1.807) is 0 Å². The van der Waals surface area contributed by atoms with E-state index < -0.39 is 46.1 Å². The van der Waals surface area contributed by atoms with Crippen LogP contribution in [-0.2, 0) is 0 Å². The Balaban J connectivity index is 0.00000264. The summed E-state index contributed by atoms with van der Waals surface area (Å²) in [6.07, 6.45) is 0. The number of hydrogen-bond acceptors (Lipinski definition) is 5. The summed E-state index contributed by atoms with van der Waals surface area (Å²) in [5, 5.41) is 37.8. The Labute approximate surface area is 170 Å². The second kappa shape index (κ2) is 7.19. The summed E-state index contributed by atoms with van der Waals surface area (Å²) in [5.41, 5.74) is -1.99. The van der Waals surface area contributed by atoms with Crippen molar-refractivity contribution in [3.8, 4) is 0 Å². The summed E-state index contributed by atoms with van der Waals surface area (Å²) < 4.78 is 0. The topological polar surface area (TPSA) is 152 Å². The maximum atomic E-state index is 11.2. The van der Waals surface area contributed by atoms with Crippen molar-refractivity contribution in [1.29, 1.82) is 0 Å². The minimum absolute atomic E-state index is 0. The van der Waals surface area contributed by atoms with E-state index in [4.69, 9.17) is 15.3 Å². The van der Waals surface area contributed by atoms with Crippen LogP contribution in [0.1, 0.15) is 41.4 Å². The van der Waals surface area contributed by atoms with Crippen LogP contribution in [0.4, 0.5) is 0 Å². The molecule has 0 fully saturated rings. The van der Waals surface area contributed by atoms with Crippen molar-refractivity contribution < 1.29 is 91.0 Å². The average Bonchev–Trinajstić information content (AvgIpc) is 2.44. The largest absolute Gasteiger partial charge is 1.00 e. The maximum absolute atomic E-state index is 11.2. The molecule has 0 bridgehead atoms. The number of fused-ring (bicyclic) bond motifs is 1. The molecule has 0 aromatic heterocycles. The first-order valence-corrected chi connectivity index (χ1v) is 5.75. The van der Waals surface area contributed by atoms with Gasteiger partial charge in [-0.15, -0.1) is 0 Å². The summed E-state index contributed by atoms with van der Waals surface area (Å²) in [6.45, 7) is 0. The van der Waals surface area contributed by atoms with Gasteiger partial charge in [-0.1, -0.05) is 0 Å². The van der Waals surface area contributed by atoms with Crippen LogP contribution in [0.2, 0.25) is 0 Å². The molecule has 3 N–H and O–H groups in total. The van der Waals surface area contributed by atoms with Gasteiger partial charge in [0.05, 0.1) is 22.7 Å². The predicted molar refractivity (Wildman–Crippen MR) is 69.2 cm³/mol. The monoisotopic (exact) mass is 342 g/mol. The molecule has 2 aromatic carbocycles. The molecular formula is C14H7KO8. The van der Waals surface area contributed by atoms with Gasteiger partial charge in [-0.05, 0) is 35.0 Å². The van der Waals surface area contributed by atoms with Gasteiger partial charge in [0.25, 0.3) is 0 Å². The molecule has 112 valence electrons. The van der Waals surface area contributed by atoms with Crippen LogP contribution in [0.25, 0.3) is 10.8 Å². The van der Waals surface area contributed by atoms with Crippen molar-refractivity contribution in [2.75, 3.05) is 0 Å². The van der Waals surface area contributed by atoms with Crippen molar-refractivity contribution in [3.05, 3.63) is 46.5 Å². The van der Waals surface area contributed by atoms with Gasteiger partial charge in [-0.25, -0.2) is 14.4 Å². The van der Waals surface area contributed by atoms with Gasteiger partial charge in [-0.3, -0.25) is 0 Å². The van der Waals surface area contributed by atoms with Crippen molar-refractivity contribution in [2.45, 2.75) is 0 Å². The quantitative estimate of drug-likeness (QED) is 0.508. The molecule has 0 aliphatic rings. The number of carboxylic acids is 4. The van der Waals surface area contributed by atoms with Crippen molar-refractivity contribution in [1.82, 2.24) is 0 Å². The Morgan fingerprint density at radius 1 is 0.696 bits per heavy atom. The molecule has 0 spiro atoms. The summed E-state index contributed by atoms with van der Waals surface area (Å²) in [4.78, 5) is 44.4. The average molecular weight is 342 g/mol. The van der Waals surface area contributed by atoms with E-state index >= 15 is 0 Å². The van der Waals surface area contributed by atoms with Gasteiger partial charge in [0.1, 0.15) is 0 Å². The SMILES string of the molecule is O=C(O)c1cc(C(=O)O)c2cc(C(=O)O)cc(C(=O)[O-])c2c1.[K+]. The molecule has 0 heterocycles. The molecule has 0 saturated heterocycles. The van der Waals surface area contributed by atoms with E-state index in [-0.39, 0.29) is 62.2 Å². The molecule has 8 nitrogen and oxygen atoms in total. The van der Waals surface area contributed by atoms with Gasteiger partial charge in [0.15, 0.2) is 0 Å². The van der Waals surface area contributed by atoms with Gasteiger partial charge < -0.3 is 25.2 Å². The van der Waals surface area contributed by atoms with E-state index in [9.17, 15) is 24.3 Å². The Morgan fingerprint density at radius 3 is 1.43 bits per heavy atom. The number of carbonyl (C=O) groups is 4. The Bertz CT molecular complexity index is 784.